The second-order valence-corrected chi connectivity index (χ2v) is 6.98. The summed E-state index contributed by atoms with van der Waals surface area (Å²) in [5.41, 5.74) is 0. The van der Waals surface area contributed by atoms with E-state index in [1.807, 2.05) is 0 Å². The van der Waals surface area contributed by atoms with E-state index in [4.69, 9.17) is 15.3 Å². The van der Waals surface area contributed by atoms with Gasteiger partial charge in [-0.3, -0.25) is 0 Å². The minimum absolute atomic E-state index is 2.76. The third kappa shape index (κ3) is 3.98. The van der Waals surface area contributed by atoms with Crippen molar-refractivity contribution in [3.05, 3.63) is 0 Å². The standard InChI is InChI=1S/C13H9F17O5/c14-6(15,4(33)3-1(31)2(32)5(34)35-3)7(16,17)8(18,19)9(20,21)10(22,23)11(24,25)12(26,27)13(28,29)30/h1-5,31-34H/t1-,2-,3+,4-,5?/m1/s1. The van der Waals surface area contributed by atoms with Crippen LogP contribution in [0.15, 0.2) is 0 Å². The molecule has 1 aliphatic rings. The van der Waals surface area contributed by atoms with Crippen LogP contribution in [0.5, 0.6) is 0 Å². The Morgan fingerprint density at radius 2 is 0.800 bits per heavy atom. The lowest BCUT2D eigenvalue weighted by molar-refractivity contribution is -0.465. The van der Waals surface area contributed by atoms with E-state index in [9.17, 15) is 79.7 Å². The fraction of sp³-hybridized carbons (Fsp3) is 1.00. The molecule has 0 saturated carbocycles. The second-order valence-electron chi connectivity index (χ2n) is 6.98. The molecule has 1 fully saturated rings. The Balaban J connectivity index is 3.61. The van der Waals surface area contributed by atoms with Crippen molar-refractivity contribution in [3.63, 3.8) is 0 Å². The molecule has 22 heteroatoms. The highest BCUT2D eigenvalue weighted by Gasteiger charge is 2.95. The molecule has 210 valence electrons. The Hall–Kier alpha value is -1.39. The molecule has 4 N–H and O–H groups in total. The van der Waals surface area contributed by atoms with Crippen LogP contribution in [0.25, 0.3) is 0 Å². The van der Waals surface area contributed by atoms with Crippen LogP contribution in [-0.4, -0.2) is 98.8 Å². The monoisotopic (exact) mass is 568 g/mol. The van der Waals surface area contributed by atoms with Crippen molar-refractivity contribution >= 4 is 0 Å². The minimum atomic E-state index is -8.83. The molecule has 0 bridgehead atoms. The summed E-state index contributed by atoms with van der Waals surface area (Å²) in [6.07, 6.45) is -24.8. The van der Waals surface area contributed by atoms with E-state index in [-0.39, 0.29) is 0 Å². The maximum absolute atomic E-state index is 13.9. The first kappa shape index (κ1) is 31.6. The van der Waals surface area contributed by atoms with E-state index in [0.29, 0.717) is 0 Å². The molecule has 1 saturated heterocycles. The van der Waals surface area contributed by atoms with Crippen LogP contribution in [0.1, 0.15) is 0 Å². The fourth-order valence-electron chi connectivity index (χ4n) is 2.51. The van der Waals surface area contributed by atoms with Crippen LogP contribution in [-0.2, 0) is 4.74 Å². The molecule has 5 nitrogen and oxygen atoms in total. The molecular weight excluding hydrogens is 559 g/mol. The van der Waals surface area contributed by atoms with Crippen molar-refractivity contribution in [2.45, 2.75) is 78.3 Å². The van der Waals surface area contributed by atoms with Crippen molar-refractivity contribution < 1.29 is 99.8 Å². The Morgan fingerprint density at radius 3 is 1.09 bits per heavy atom. The zero-order chi connectivity index (χ0) is 28.6. The number of hydrogen-bond acceptors (Lipinski definition) is 5. The molecule has 0 aromatic rings. The van der Waals surface area contributed by atoms with Crippen LogP contribution in [0, 0.1) is 0 Å². The maximum atomic E-state index is 13.9. The first-order valence-electron chi connectivity index (χ1n) is 8.09. The third-order valence-corrected chi connectivity index (χ3v) is 4.70. The van der Waals surface area contributed by atoms with Crippen molar-refractivity contribution in [3.8, 4) is 0 Å². The molecule has 0 aromatic carbocycles. The van der Waals surface area contributed by atoms with Crippen LogP contribution in [0.4, 0.5) is 74.6 Å². The van der Waals surface area contributed by atoms with Gasteiger partial charge in [-0.15, -0.1) is 0 Å². The number of rotatable bonds is 8. The first-order chi connectivity index (χ1) is 15.0. The van der Waals surface area contributed by atoms with Crippen molar-refractivity contribution in [1.29, 1.82) is 0 Å². The van der Waals surface area contributed by atoms with Gasteiger partial charge in [-0.2, -0.15) is 74.6 Å². The molecule has 1 heterocycles. The molecule has 35 heavy (non-hydrogen) atoms. The van der Waals surface area contributed by atoms with Gasteiger partial charge in [-0.05, 0) is 0 Å². The molecule has 0 amide bonds. The first-order valence-corrected chi connectivity index (χ1v) is 8.09. The van der Waals surface area contributed by atoms with E-state index in [2.05, 4.69) is 4.74 Å². The number of aliphatic hydroxyl groups is 4. The Kier molecular flexibility index (Phi) is 7.51. The predicted octanol–water partition coefficient (Wildman–Crippen LogP) is 2.80. The summed E-state index contributed by atoms with van der Waals surface area (Å²) < 4.78 is 228. The lowest BCUT2D eigenvalue weighted by atomic mass is 9.86. The van der Waals surface area contributed by atoms with Crippen molar-refractivity contribution in [1.82, 2.24) is 0 Å². The van der Waals surface area contributed by atoms with Crippen molar-refractivity contribution in [2.24, 2.45) is 0 Å². The van der Waals surface area contributed by atoms with Gasteiger partial charge in [0, 0.05) is 0 Å². The number of aliphatic hydroxyl groups excluding tert-OH is 4. The Morgan fingerprint density at radius 1 is 0.486 bits per heavy atom. The zero-order valence-corrected chi connectivity index (χ0v) is 15.5. The Labute approximate surface area is 179 Å². The number of ether oxygens (including phenoxy) is 1. The van der Waals surface area contributed by atoms with E-state index in [1.165, 1.54) is 0 Å². The SMILES string of the molecule is OC1O[C@H]([C@@H](O)C(F)(F)C(F)(F)C(F)(F)C(F)(F)C(F)(F)C(F)(F)C(F)(F)C(F)(F)F)[C@H](O)[C@H]1O. The lowest BCUT2D eigenvalue weighted by Crippen LogP contribution is -2.75. The van der Waals surface area contributed by atoms with Gasteiger partial charge in [-0.1, -0.05) is 0 Å². The van der Waals surface area contributed by atoms with Crippen LogP contribution in [0.3, 0.4) is 0 Å². The maximum Gasteiger partial charge on any atom is 0.460 e. The van der Waals surface area contributed by atoms with E-state index in [1.54, 1.807) is 0 Å². The third-order valence-electron chi connectivity index (χ3n) is 4.70. The van der Waals surface area contributed by atoms with E-state index in [0.717, 1.165) is 0 Å². The normalized spacial score (nSPS) is 27.3. The molecule has 0 radical (unpaired) electrons. The highest BCUT2D eigenvalue weighted by atomic mass is 19.4. The molecule has 0 aromatic heterocycles. The predicted molar refractivity (Wildman–Crippen MR) is 69.6 cm³/mol. The van der Waals surface area contributed by atoms with Gasteiger partial charge in [0.2, 0.25) is 0 Å². The molecule has 5 atom stereocenters. The summed E-state index contributed by atoms with van der Waals surface area (Å²) in [6.45, 7) is 0. The number of halogens is 17. The number of hydrogen-bond donors (Lipinski definition) is 4. The summed E-state index contributed by atoms with van der Waals surface area (Å²) in [5, 5.41) is 36.2. The molecule has 0 aliphatic carbocycles. The molecule has 1 aliphatic heterocycles. The van der Waals surface area contributed by atoms with Gasteiger partial charge in [-0.25, -0.2) is 0 Å². The largest absolute Gasteiger partial charge is 0.460 e. The average Bonchev–Trinajstić information content (AvgIpc) is 2.92. The Bertz CT molecular complexity index is 781. The quantitative estimate of drug-likeness (QED) is 0.339. The molecule has 1 rings (SSSR count). The summed E-state index contributed by atoms with van der Waals surface area (Å²) in [4.78, 5) is 0. The topological polar surface area (TPSA) is 90.2 Å². The lowest BCUT2D eigenvalue weighted by Gasteiger charge is -2.43. The summed E-state index contributed by atoms with van der Waals surface area (Å²) >= 11 is 0. The van der Waals surface area contributed by atoms with Crippen LogP contribution in [0.2, 0.25) is 0 Å². The fourth-order valence-corrected chi connectivity index (χ4v) is 2.51. The molecule has 1 unspecified atom stereocenters. The average molecular weight is 568 g/mol. The highest BCUT2D eigenvalue weighted by Crippen LogP contribution is 2.64. The summed E-state index contributed by atoms with van der Waals surface area (Å²) in [5.74, 6) is -58.8. The van der Waals surface area contributed by atoms with Gasteiger partial charge < -0.3 is 25.2 Å². The van der Waals surface area contributed by atoms with Crippen LogP contribution >= 0.6 is 0 Å². The summed E-state index contributed by atoms with van der Waals surface area (Å²) in [6, 6.07) is 0. The minimum Gasteiger partial charge on any atom is -0.387 e. The van der Waals surface area contributed by atoms with Gasteiger partial charge in [0.1, 0.15) is 18.3 Å². The highest BCUT2D eigenvalue weighted by molar-refractivity contribution is 5.16. The van der Waals surface area contributed by atoms with Gasteiger partial charge in [0.15, 0.2) is 12.4 Å². The van der Waals surface area contributed by atoms with Gasteiger partial charge in [0.05, 0.1) is 0 Å². The number of alkyl halides is 17. The second kappa shape index (κ2) is 8.31. The van der Waals surface area contributed by atoms with Gasteiger partial charge in [0.25, 0.3) is 0 Å². The van der Waals surface area contributed by atoms with E-state index < -0.39 is 78.3 Å². The van der Waals surface area contributed by atoms with Crippen LogP contribution < -0.4 is 0 Å². The van der Waals surface area contributed by atoms with Gasteiger partial charge >= 0.3 is 47.6 Å². The molecular formula is C13H9F17O5. The zero-order valence-electron chi connectivity index (χ0n) is 15.5. The van der Waals surface area contributed by atoms with Crippen molar-refractivity contribution in [2.75, 3.05) is 0 Å². The molecule has 0 spiro atoms. The van der Waals surface area contributed by atoms with E-state index >= 15 is 0 Å². The summed E-state index contributed by atoms with van der Waals surface area (Å²) in [7, 11) is 0. The smallest absolute Gasteiger partial charge is 0.387 e.